The molecule has 5 heteroatoms. The highest BCUT2D eigenvalue weighted by Crippen LogP contribution is 2.32. The predicted octanol–water partition coefficient (Wildman–Crippen LogP) is 2.38. The Morgan fingerprint density at radius 3 is 2.88 bits per heavy atom. The van der Waals surface area contributed by atoms with Crippen molar-refractivity contribution < 1.29 is 13.9 Å². The Balaban J connectivity index is 2.22. The van der Waals surface area contributed by atoms with E-state index in [-0.39, 0.29) is 17.9 Å². The third kappa shape index (κ3) is 2.69. The van der Waals surface area contributed by atoms with Gasteiger partial charge in [-0.05, 0) is 12.1 Å². The number of hydrogen-bond donors (Lipinski definition) is 0. The topological polar surface area (TPSA) is 29.5 Å². The minimum atomic E-state index is -0.555. The number of amides is 1. The number of para-hydroxylation sites is 2. The summed E-state index contributed by atoms with van der Waals surface area (Å²) >= 11 is 5.95. The number of carbonyl (C=O) groups is 1. The van der Waals surface area contributed by atoms with Gasteiger partial charge in [0.05, 0.1) is 11.1 Å². The predicted molar refractivity (Wildman–Crippen MR) is 64.5 cm³/mol. The summed E-state index contributed by atoms with van der Waals surface area (Å²) in [5, 5.41) is -0.170. The second-order valence-electron chi connectivity index (χ2n) is 3.81. The average molecular weight is 258 g/mol. The van der Waals surface area contributed by atoms with Crippen molar-refractivity contribution in [2.45, 2.75) is 11.8 Å². The van der Waals surface area contributed by atoms with Crippen molar-refractivity contribution in [2.75, 3.05) is 24.7 Å². The van der Waals surface area contributed by atoms with Gasteiger partial charge in [0.1, 0.15) is 19.0 Å². The van der Waals surface area contributed by atoms with Crippen molar-refractivity contribution in [3.05, 3.63) is 24.3 Å². The zero-order chi connectivity index (χ0) is 12.3. The number of nitrogens with zero attached hydrogens (tertiary/aromatic N) is 1. The normalized spacial score (nSPS) is 19.8. The van der Waals surface area contributed by atoms with Crippen LogP contribution >= 0.6 is 11.6 Å². The zero-order valence-corrected chi connectivity index (χ0v) is 9.99. The Bertz CT molecular complexity index is 413. The molecule has 0 spiro atoms. The maximum Gasteiger partial charge on any atom is 0.228 e. The van der Waals surface area contributed by atoms with Gasteiger partial charge in [-0.15, -0.1) is 11.6 Å². The monoisotopic (exact) mass is 257 g/mol. The number of halogens is 2. The van der Waals surface area contributed by atoms with Gasteiger partial charge < -0.3 is 9.64 Å². The Labute approximate surface area is 104 Å². The van der Waals surface area contributed by atoms with Gasteiger partial charge in [0, 0.05) is 13.0 Å². The van der Waals surface area contributed by atoms with E-state index in [2.05, 4.69) is 0 Å². The smallest absolute Gasteiger partial charge is 0.228 e. The highest BCUT2D eigenvalue weighted by Gasteiger charge is 2.30. The third-order valence-corrected chi connectivity index (χ3v) is 2.86. The maximum absolute atomic E-state index is 12.1. The van der Waals surface area contributed by atoms with Gasteiger partial charge in [0.2, 0.25) is 5.91 Å². The molecule has 3 nitrogen and oxygen atoms in total. The molecule has 0 N–H and O–H groups in total. The van der Waals surface area contributed by atoms with E-state index in [0.717, 1.165) is 0 Å². The molecule has 1 heterocycles. The van der Waals surface area contributed by atoms with E-state index in [1.54, 1.807) is 23.1 Å². The molecule has 0 radical (unpaired) electrons. The third-order valence-electron chi connectivity index (χ3n) is 2.57. The van der Waals surface area contributed by atoms with Crippen LogP contribution < -0.4 is 9.64 Å². The first-order valence-electron chi connectivity index (χ1n) is 5.44. The highest BCUT2D eigenvalue weighted by atomic mass is 35.5. The van der Waals surface area contributed by atoms with Crippen LogP contribution in [0, 0.1) is 0 Å². The van der Waals surface area contributed by atoms with E-state index in [1.165, 1.54) is 0 Å². The molecule has 1 aliphatic rings. The van der Waals surface area contributed by atoms with E-state index >= 15 is 0 Å². The molecule has 17 heavy (non-hydrogen) atoms. The molecule has 0 aromatic heterocycles. The first kappa shape index (κ1) is 12.2. The summed E-state index contributed by atoms with van der Waals surface area (Å²) in [5.41, 5.74) is 0.661. The van der Waals surface area contributed by atoms with E-state index in [1.807, 2.05) is 6.07 Å². The van der Waals surface area contributed by atoms with E-state index in [4.69, 9.17) is 16.3 Å². The summed E-state index contributed by atoms with van der Waals surface area (Å²) < 4.78 is 17.4. The van der Waals surface area contributed by atoms with Gasteiger partial charge in [-0.25, -0.2) is 4.39 Å². The molecule has 1 amide bonds. The van der Waals surface area contributed by atoms with Crippen LogP contribution in [-0.2, 0) is 4.79 Å². The van der Waals surface area contributed by atoms with Crippen LogP contribution in [0.2, 0.25) is 0 Å². The lowest BCUT2D eigenvalue weighted by atomic mass is 10.2. The van der Waals surface area contributed by atoms with Crippen LogP contribution in [0.1, 0.15) is 6.42 Å². The number of carbonyl (C=O) groups excluding carboxylic acids is 1. The van der Waals surface area contributed by atoms with Gasteiger partial charge >= 0.3 is 0 Å². The minimum absolute atomic E-state index is 0.0106. The lowest BCUT2D eigenvalue weighted by molar-refractivity contribution is -0.117. The molecule has 1 aromatic carbocycles. The fourth-order valence-corrected chi connectivity index (χ4v) is 2.12. The van der Waals surface area contributed by atoms with Crippen molar-refractivity contribution in [3.8, 4) is 5.75 Å². The molecule has 92 valence electrons. The molecule has 1 saturated heterocycles. The number of rotatable bonds is 4. The van der Waals surface area contributed by atoms with Crippen molar-refractivity contribution in [1.82, 2.24) is 0 Å². The Morgan fingerprint density at radius 1 is 1.47 bits per heavy atom. The lowest BCUT2D eigenvalue weighted by Gasteiger charge is -2.19. The molecule has 1 aliphatic heterocycles. The van der Waals surface area contributed by atoms with Crippen LogP contribution in [0.4, 0.5) is 10.1 Å². The van der Waals surface area contributed by atoms with Crippen LogP contribution in [0.25, 0.3) is 0 Å². The van der Waals surface area contributed by atoms with Gasteiger partial charge in [-0.3, -0.25) is 4.79 Å². The van der Waals surface area contributed by atoms with Gasteiger partial charge in [-0.2, -0.15) is 0 Å². The molecule has 1 fully saturated rings. The standard InChI is InChI=1S/C12H13ClFNO2/c13-9-7-12(16)15(8-9)10-3-1-2-4-11(10)17-6-5-14/h1-4,9H,5-8H2. The summed E-state index contributed by atoms with van der Waals surface area (Å²) in [5.74, 6) is 0.491. The summed E-state index contributed by atoms with van der Waals surface area (Å²) in [7, 11) is 0. The second-order valence-corrected chi connectivity index (χ2v) is 4.43. The molecular weight excluding hydrogens is 245 g/mol. The van der Waals surface area contributed by atoms with E-state index < -0.39 is 6.67 Å². The second kappa shape index (κ2) is 5.36. The number of ether oxygens (including phenoxy) is 1. The summed E-state index contributed by atoms with van der Waals surface area (Å²) in [6.45, 7) is -0.0971. The summed E-state index contributed by atoms with van der Waals surface area (Å²) in [6, 6.07) is 7.10. The van der Waals surface area contributed by atoms with Crippen LogP contribution in [0.5, 0.6) is 5.75 Å². The lowest BCUT2D eigenvalue weighted by Crippen LogP contribution is -2.25. The molecule has 2 rings (SSSR count). The number of alkyl halides is 2. The molecule has 1 atom stereocenters. The molecule has 1 aromatic rings. The van der Waals surface area contributed by atoms with Gasteiger partial charge in [0.15, 0.2) is 0 Å². The molecule has 1 unspecified atom stereocenters. The number of hydrogen-bond acceptors (Lipinski definition) is 2. The first-order valence-corrected chi connectivity index (χ1v) is 5.88. The fraction of sp³-hybridized carbons (Fsp3) is 0.417. The average Bonchev–Trinajstić information content (AvgIpc) is 2.66. The maximum atomic E-state index is 12.1. The van der Waals surface area contributed by atoms with Crippen LogP contribution in [0.3, 0.4) is 0 Å². The Morgan fingerprint density at radius 2 is 2.24 bits per heavy atom. The van der Waals surface area contributed by atoms with Crippen molar-refractivity contribution in [3.63, 3.8) is 0 Å². The van der Waals surface area contributed by atoms with Crippen molar-refractivity contribution in [1.29, 1.82) is 0 Å². The summed E-state index contributed by atoms with van der Waals surface area (Å²) in [6.07, 6.45) is 0.332. The fourth-order valence-electron chi connectivity index (χ4n) is 1.85. The largest absolute Gasteiger partial charge is 0.489 e. The first-order chi connectivity index (χ1) is 8.22. The number of anilines is 1. The molecule has 0 bridgehead atoms. The quantitative estimate of drug-likeness (QED) is 0.775. The van der Waals surface area contributed by atoms with E-state index in [9.17, 15) is 9.18 Å². The molecule has 0 aliphatic carbocycles. The molecular formula is C12H13ClFNO2. The van der Waals surface area contributed by atoms with Gasteiger partial charge in [0.25, 0.3) is 0 Å². The van der Waals surface area contributed by atoms with Crippen molar-refractivity contribution in [2.24, 2.45) is 0 Å². The van der Waals surface area contributed by atoms with E-state index in [0.29, 0.717) is 24.4 Å². The van der Waals surface area contributed by atoms with Crippen LogP contribution in [0.15, 0.2) is 24.3 Å². The number of benzene rings is 1. The SMILES string of the molecule is O=C1CC(Cl)CN1c1ccccc1OCCF. The zero-order valence-electron chi connectivity index (χ0n) is 9.23. The molecule has 0 saturated carbocycles. The van der Waals surface area contributed by atoms with Crippen molar-refractivity contribution >= 4 is 23.2 Å². The van der Waals surface area contributed by atoms with Gasteiger partial charge in [-0.1, -0.05) is 12.1 Å². The Hall–Kier alpha value is -1.29. The minimum Gasteiger partial charge on any atom is -0.489 e. The highest BCUT2D eigenvalue weighted by molar-refractivity contribution is 6.24. The summed E-state index contributed by atoms with van der Waals surface area (Å²) in [4.78, 5) is 13.3. The van der Waals surface area contributed by atoms with Crippen LogP contribution in [-0.4, -0.2) is 31.1 Å². The Kier molecular flexibility index (Phi) is 3.84.